The first kappa shape index (κ1) is 21.9. The Morgan fingerprint density at radius 3 is 2.19 bits per heavy atom. The van der Waals surface area contributed by atoms with Crippen LogP contribution in [0.3, 0.4) is 0 Å². The molecule has 0 radical (unpaired) electrons. The molecular weight excluding hydrogens is 366 g/mol. The van der Waals surface area contributed by atoms with E-state index in [0.717, 1.165) is 0 Å². The lowest BCUT2D eigenvalue weighted by Gasteiger charge is -2.39. The molecule has 0 amide bonds. The second-order valence-corrected chi connectivity index (χ2v) is 5.83. The summed E-state index contributed by atoms with van der Waals surface area (Å²) in [4.78, 5) is 0. The van der Waals surface area contributed by atoms with Crippen molar-refractivity contribution in [3.05, 3.63) is 47.0 Å². The lowest BCUT2D eigenvalue weighted by molar-refractivity contribution is -0.323. The van der Waals surface area contributed by atoms with Crippen LogP contribution in [0.5, 0.6) is 0 Å². The summed E-state index contributed by atoms with van der Waals surface area (Å²) in [5.41, 5.74) is 4.83. The summed E-state index contributed by atoms with van der Waals surface area (Å²) < 4.78 is 81.6. The van der Waals surface area contributed by atoms with Gasteiger partial charge in [0.05, 0.1) is 11.8 Å². The van der Waals surface area contributed by atoms with E-state index in [0.29, 0.717) is 24.3 Å². The molecule has 0 aromatic heterocycles. The van der Waals surface area contributed by atoms with Gasteiger partial charge in [0, 0.05) is 5.70 Å². The van der Waals surface area contributed by atoms with Gasteiger partial charge >= 0.3 is 12.4 Å². The SMILES string of the molecule is CC/C(N)=C(O)\C=C/CC(C1=CCC(O)C(N)=C1)(C(F)(F)F)C(F)(F)F. The average Bonchev–Trinajstić information content (AvgIpc) is 2.50. The highest BCUT2D eigenvalue weighted by molar-refractivity contribution is 5.38. The van der Waals surface area contributed by atoms with E-state index < -0.39 is 53.7 Å². The molecular formula is C16H20F6N2O2. The van der Waals surface area contributed by atoms with E-state index in [-0.39, 0.29) is 12.1 Å². The number of alkyl halides is 6. The number of rotatable bonds is 5. The van der Waals surface area contributed by atoms with Gasteiger partial charge in [0.1, 0.15) is 5.76 Å². The zero-order valence-electron chi connectivity index (χ0n) is 13.8. The van der Waals surface area contributed by atoms with Crippen molar-refractivity contribution in [3.63, 3.8) is 0 Å². The standard InChI is InChI=1S/C16H20F6N2O2/c1-2-10(23)12(25)4-3-7-14(15(17,18)19,16(20,21)22)9-5-6-13(26)11(24)8-9/h3-5,8,13,25-26H,2,6-7,23-24H2,1H3/b4-3-,12-10-. The van der Waals surface area contributed by atoms with Crippen molar-refractivity contribution in [1.29, 1.82) is 0 Å². The fraction of sp³-hybridized carbons (Fsp3) is 0.500. The maximum absolute atomic E-state index is 13.6. The van der Waals surface area contributed by atoms with Crippen molar-refractivity contribution in [2.45, 2.75) is 44.6 Å². The second-order valence-electron chi connectivity index (χ2n) is 5.83. The van der Waals surface area contributed by atoms with E-state index in [4.69, 9.17) is 11.5 Å². The fourth-order valence-corrected chi connectivity index (χ4v) is 2.48. The van der Waals surface area contributed by atoms with E-state index in [2.05, 4.69) is 0 Å². The fourth-order valence-electron chi connectivity index (χ4n) is 2.48. The molecule has 0 heterocycles. The first-order chi connectivity index (χ1) is 11.8. The predicted molar refractivity (Wildman–Crippen MR) is 83.4 cm³/mol. The van der Waals surface area contributed by atoms with Gasteiger partial charge in [-0.1, -0.05) is 19.1 Å². The van der Waals surface area contributed by atoms with Crippen LogP contribution >= 0.6 is 0 Å². The summed E-state index contributed by atoms with van der Waals surface area (Å²) in [6.07, 6.45) is -12.1. The van der Waals surface area contributed by atoms with Gasteiger partial charge in [0.25, 0.3) is 0 Å². The highest BCUT2D eigenvalue weighted by Gasteiger charge is 2.71. The second kappa shape index (κ2) is 7.65. The molecule has 4 nitrogen and oxygen atoms in total. The van der Waals surface area contributed by atoms with Crippen molar-refractivity contribution < 1.29 is 36.6 Å². The summed E-state index contributed by atoms with van der Waals surface area (Å²) in [7, 11) is 0. The zero-order chi connectivity index (χ0) is 20.3. The Labute approximate surface area is 146 Å². The van der Waals surface area contributed by atoms with Gasteiger partial charge in [-0.15, -0.1) is 0 Å². The summed E-state index contributed by atoms with van der Waals surface area (Å²) in [5, 5.41) is 19.0. The topological polar surface area (TPSA) is 92.5 Å². The molecule has 10 heteroatoms. The molecule has 0 saturated heterocycles. The first-order valence-corrected chi connectivity index (χ1v) is 7.61. The van der Waals surface area contributed by atoms with Gasteiger partial charge in [-0.2, -0.15) is 26.3 Å². The van der Waals surface area contributed by atoms with Gasteiger partial charge in [-0.25, -0.2) is 0 Å². The Hall–Kier alpha value is -2.10. The van der Waals surface area contributed by atoms with Gasteiger partial charge in [0.15, 0.2) is 5.41 Å². The van der Waals surface area contributed by atoms with Crippen LogP contribution in [-0.4, -0.2) is 28.7 Å². The van der Waals surface area contributed by atoms with Crippen LogP contribution in [0.2, 0.25) is 0 Å². The average molecular weight is 386 g/mol. The molecule has 0 bridgehead atoms. The van der Waals surface area contributed by atoms with E-state index in [1.165, 1.54) is 0 Å². The predicted octanol–water partition coefficient (Wildman–Crippen LogP) is 3.72. The number of nitrogens with two attached hydrogens (primary N) is 2. The Kier molecular flexibility index (Phi) is 6.45. The third-order valence-electron chi connectivity index (χ3n) is 4.14. The molecule has 1 rings (SSSR count). The minimum atomic E-state index is -5.70. The lowest BCUT2D eigenvalue weighted by atomic mass is 9.73. The van der Waals surface area contributed by atoms with Crippen molar-refractivity contribution in [2.75, 3.05) is 0 Å². The van der Waals surface area contributed by atoms with Gasteiger partial charge in [-0.3, -0.25) is 0 Å². The highest BCUT2D eigenvalue weighted by Crippen LogP contribution is 2.58. The van der Waals surface area contributed by atoms with E-state index in [1.807, 2.05) is 0 Å². The van der Waals surface area contributed by atoms with Crippen LogP contribution in [-0.2, 0) is 0 Å². The van der Waals surface area contributed by atoms with Crippen LogP contribution in [0.15, 0.2) is 47.0 Å². The van der Waals surface area contributed by atoms with Crippen LogP contribution in [0, 0.1) is 5.41 Å². The molecule has 0 aromatic rings. The normalized spacial score (nSPS) is 20.7. The molecule has 0 fully saturated rings. The van der Waals surface area contributed by atoms with Crippen LogP contribution in [0.25, 0.3) is 0 Å². The van der Waals surface area contributed by atoms with E-state index >= 15 is 0 Å². The number of aliphatic hydroxyl groups is 2. The van der Waals surface area contributed by atoms with Crippen LogP contribution in [0.4, 0.5) is 26.3 Å². The number of allylic oxidation sites excluding steroid dienone is 5. The quantitative estimate of drug-likeness (QED) is 0.329. The number of halogens is 6. The highest BCUT2D eigenvalue weighted by atomic mass is 19.4. The third kappa shape index (κ3) is 4.17. The van der Waals surface area contributed by atoms with Crippen LogP contribution < -0.4 is 11.5 Å². The molecule has 1 aliphatic carbocycles. The Morgan fingerprint density at radius 2 is 1.77 bits per heavy atom. The third-order valence-corrected chi connectivity index (χ3v) is 4.14. The molecule has 6 N–H and O–H groups in total. The first-order valence-electron chi connectivity index (χ1n) is 7.61. The van der Waals surface area contributed by atoms with Crippen molar-refractivity contribution in [3.8, 4) is 0 Å². The molecule has 0 saturated carbocycles. The monoisotopic (exact) mass is 386 g/mol. The molecule has 0 aliphatic heterocycles. The summed E-state index contributed by atoms with van der Waals surface area (Å²) in [6.45, 7) is 1.56. The Balaban J connectivity index is 3.47. The molecule has 26 heavy (non-hydrogen) atoms. The Bertz CT molecular complexity index is 630. The van der Waals surface area contributed by atoms with E-state index in [9.17, 15) is 36.6 Å². The van der Waals surface area contributed by atoms with Gasteiger partial charge < -0.3 is 21.7 Å². The lowest BCUT2D eigenvalue weighted by Crippen LogP contribution is -2.51. The van der Waals surface area contributed by atoms with Gasteiger partial charge in [0.2, 0.25) is 0 Å². The molecule has 148 valence electrons. The van der Waals surface area contributed by atoms with Crippen molar-refractivity contribution in [1.82, 2.24) is 0 Å². The number of aliphatic hydroxyl groups excluding tert-OH is 2. The largest absolute Gasteiger partial charge is 0.506 e. The summed E-state index contributed by atoms with van der Waals surface area (Å²) in [6, 6.07) is 0. The van der Waals surface area contributed by atoms with Crippen LogP contribution in [0.1, 0.15) is 26.2 Å². The molecule has 1 aliphatic rings. The maximum atomic E-state index is 13.6. The van der Waals surface area contributed by atoms with Gasteiger partial charge in [-0.05, 0) is 37.0 Å². The minimum absolute atomic E-state index is 0.0741. The maximum Gasteiger partial charge on any atom is 0.407 e. The van der Waals surface area contributed by atoms with Crippen molar-refractivity contribution >= 4 is 0 Å². The molecule has 0 aromatic carbocycles. The minimum Gasteiger partial charge on any atom is -0.506 e. The molecule has 0 spiro atoms. The summed E-state index contributed by atoms with van der Waals surface area (Å²) in [5.74, 6) is -0.603. The zero-order valence-corrected chi connectivity index (χ0v) is 13.8. The van der Waals surface area contributed by atoms with E-state index in [1.54, 1.807) is 6.92 Å². The Morgan fingerprint density at radius 1 is 1.23 bits per heavy atom. The number of hydrogen-bond acceptors (Lipinski definition) is 4. The van der Waals surface area contributed by atoms with Crippen molar-refractivity contribution in [2.24, 2.45) is 16.9 Å². The molecule has 1 unspecified atom stereocenters. The molecule has 1 atom stereocenters. The number of hydrogen-bond donors (Lipinski definition) is 4. The summed E-state index contributed by atoms with van der Waals surface area (Å²) >= 11 is 0. The smallest absolute Gasteiger partial charge is 0.407 e.